The smallest absolute Gasteiger partial charge is 0.414 e. The van der Waals surface area contributed by atoms with Gasteiger partial charge in [0.1, 0.15) is 18.5 Å². The van der Waals surface area contributed by atoms with Crippen LogP contribution in [0.15, 0.2) is 18.2 Å². The molecule has 1 atom stereocenters. The lowest BCUT2D eigenvalue weighted by atomic mass is 10.2. The van der Waals surface area contributed by atoms with E-state index in [0.29, 0.717) is 38.4 Å². The Morgan fingerprint density at radius 3 is 2.62 bits per heavy atom. The summed E-state index contributed by atoms with van der Waals surface area (Å²) in [5, 5.41) is 10.2. The second-order valence-electron chi connectivity index (χ2n) is 6.63. The number of halogens is 1. The molecule has 0 saturated carbocycles. The lowest BCUT2D eigenvalue weighted by Crippen LogP contribution is -2.40. The van der Waals surface area contributed by atoms with E-state index >= 15 is 0 Å². The molecule has 1 N–H and O–H groups in total. The average molecular weight is 412 g/mol. The van der Waals surface area contributed by atoms with E-state index in [-0.39, 0.29) is 31.9 Å². The first-order chi connectivity index (χ1) is 14.0. The topological polar surface area (TPSA) is 88.5 Å². The van der Waals surface area contributed by atoms with Crippen LogP contribution in [-0.2, 0) is 19.0 Å². The molecule has 0 aliphatic carbocycles. The molecular formula is C20H29FN2O6. The van der Waals surface area contributed by atoms with Crippen LogP contribution in [0.1, 0.15) is 26.7 Å². The maximum absolute atomic E-state index is 14.7. The van der Waals surface area contributed by atoms with E-state index in [9.17, 15) is 19.1 Å². The molecule has 1 amide bonds. The fraction of sp³-hybridized carbons (Fsp3) is 0.600. The van der Waals surface area contributed by atoms with Gasteiger partial charge in [-0.3, -0.25) is 9.69 Å². The van der Waals surface area contributed by atoms with Gasteiger partial charge >= 0.3 is 12.1 Å². The lowest BCUT2D eigenvalue weighted by molar-refractivity contribution is -0.146. The normalized spacial score (nSPS) is 15.0. The molecule has 0 radical (unpaired) electrons. The zero-order valence-corrected chi connectivity index (χ0v) is 16.9. The number of aliphatic hydroxyl groups is 1. The van der Waals surface area contributed by atoms with E-state index in [2.05, 4.69) is 0 Å². The van der Waals surface area contributed by atoms with Gasteiger partial charge in [0.05, 0.1) is 37.7 Å². The fourth-order valence-electron chi connectivity index (χ4n) is 2.94. The number of esters is 1. The van der Waals surface area contributed by atoms with Crippen LogP contribution in [0.3, 0.4) is 0 Å². The van der Waals surface area contributed by atoms with Crippen LogP contribution in [0.4, 0.5) is 20.6 Å². The van der Waals surface area contributed by atoms with Crippen LogP contribution in [-0.4, -0.2) is 69.3 Å². The molecule has 0 aromatic heterocycles. The molecule has 9 heteroatoms. The number of aliphatic hydroxyl groups excluding tert-OH is 1. The molecule has 1 aliphatic rings. The van der Waals surface area contributed by atoms with Crippen LogP contribution in [0.25, 0.3) is 0 Å². The summed E-state index contributed by atoms with van der Waals surface area (Å²) in [5.41, 5.74) is 0.673. The average Bonchev–Trinajstić information content (AvgIpc) is 2.71. The Hall–Kier alpha value is -2.39. The summed E-state index contributed by atoms with van der Waals surface area (Å²) in [6, 6.07) is 4.42. The highest BCUT2D eigenvalue weighted by Crippen LogP contribution is 2.26. The summed E-state index contributed by atoms with van der Waals surface area (Å²) < 4.78 is 30.0. The number of hydrogen-bond donors (Lipinski definition) is 1. The van der Waals surface area contributed by atoms with E-state index in [1.807, 2.05) is 11.8 Å². The predicted molar refractivity (Wildman–Crippen MR) is 106 cm³/mol. The summed E-state index contributed by atoms with van der Waals surface area (Å²) in [5.74, 6) is -0.905. The third kappa shape index (κ3) is 6.86. The summed E-state index contributed by atoms with van der Waals surface area (Å²) in [4.78, 5) is 26.8. The first kappa shape index (κ1) is 22.9. The number of anilines is 2. The van der Waals surface area contributed by atoms with Crippen LogP contribution in [0, 0.1) is 5.82 Å². The minimum Gasteiger partial charge on any atom is -0.463 e. The molecule has 0 bridgehead atoms. The number of carbonyl (C=O) groups excluding carboxylic acids is 2. The van der Waals surface area contributed by atoms with E-state index in [1.54, 1.807) is 19.1 Å². The predicted octanol–water partition coefficient (Wildman–Crippen LogP) is 2.33. The maximum Gasteiger partial charge on any atom is 0.414 e. The molecule has 1 aliphatic heterocycles. The number of carbonyl (C=O) groups is 2. The second kappa shape index (κ2) is 11.6. The molecule has 1 fully saturated rings. The Balaban J connectivity index is 2.11. The van der Waals surface area contributed by atoms with Crippen molar-refractivity contribution in [2.24, 2.45) is 0 Å². The number of rotatable bonds is 9. The summed E-state index contributed by atoms with van der Waals surface area (Å²) >= 11 is 0. The number of morpholine rings is 1. The van der Waals surface area contributed by atoms with Crippen LogP contribution >= 0.6 is 0 Å². The number of hydrogen-bond acceptors (Lipinski definition) is 7. The van der Waals surface area contributed by atoms with Gasteiger partial charge in [0.15, 0.2) is 0 Å². The molecule has 8 nitrogen and oxygen atoms in total. The first-order valence-electron chi connectivity index (χ1n) is 9.86. The SMILES string of the molecule is CCCC(=O)OCC(O)CN(C(=O)OCC)c1ccc(N2CCOCC2)c(F)c1. The lowest BCUT2D eigenvalue weighted by Gasteiger charge is -2.30. The van der Waals surface area contributed by atoms with Crippen molar-refractivity contribution in [3.8, 4) is 0 Å². The van der Waals surface area contributed by atoms with Gasteiger partial charge in [0.2, 0.25) is 0 Å². The minimum absolute atomic E-state index is 0.130. The Labute approximate surface area is 170 Å². The van der Waals surface area contributed by atoms with E-state index in [0.717, 1.165) is 4.90 Å². The van der Waals surface area contributed by atoms with Crippen molar-refractivity contribution in [3.63, 3.8) is 0 Å². The molecule has 162 valence electrons. The molecule has 1 saturated heterocycles. The summed E-state index contributed by atoms with van der Waals surface area (Å²) in [7, 11) is 0. The highest BCUT2D eigenvalue weighted by molar-refractivity contribution is 5.88. The van der Waals surface area contributed by atoms with Gasteiger partial charge in [-0.05, 0) is 31.5 Å². The van der Waals surface area contributed by atoms with Crippen molar-refractivity contribution in [3.05, 3.63) is 24.0 Å². The van der Waals surface area contributed by atoms with Crippen molar-refractivity contribution < 1.29 is 33.3 Å². The van der Waals surface area contributed by atoms with Crippen molar-refractivity contribution in [1.29, 1.82) is 0 Å². The van der Waals surface area contributed by atoms with Crippen molar-refractivity contribution in [2.45, 2.75) is 32.8 Å². The summed E-state index contributed by atoms with van der Waals surface area (Å²) in [6.07, 6.45) is -0.964. The monoisotopic (exact) mass is 412 g/mol. The Morgan fingerprint density at radius 1 is 1.28 bits per heavy atom. The van der Waals surface area contributed by atoms with Crippen molar-refractivity contribution in [1.82, 2.24) is 0 Å². The number of benzene rings is 1. The van der Waals surface area contributed by atoms with Crippen LogP contribution < -0.4 is 9.80 Å². The Kier molecular flexibility index (Phi) is 9.14. The standard InChI is InChI=1S/C20H29FN2O6/c1-3-5-19(25)29-14-16(24)13-23(20(26)28-4-2)15-6-7-18(17(21)12-15)22-8-10-27-11-9-22/h6-7,12,16,24H,3-5,8-11,13-14H2,1-2H3. The quantitative estimate of drug-likeness (QED) is 0.623. The van der Waals surface area contributed by atoms with Crippen molar-refractivity contribution in [2.75, 3.05) is 55.9 Å². The highest BCUT2D eigenvalue weighted by atomic mass is 19.1. The molecule has 29 heavy (non-hydrogen) atoms. The molecule has 0 spiro atoms. The number of ether oxygens (including phenoxy) is 3. The van der Waals surface area contributed by atoms with Gasteiger partial charge in [0, 0.05) is 19.5 Å². The van der Waals surface area contributed by atoms with Gasteiger partial charge < -0.3 is 24.2 Å². The second-order valence-corrected chi connectivity index (χ2v) is 6.63. The van der Waals surface area contributed by atoms with Gasteiger partial charge in [0.25, 0.3) is 0 Å². The minimum atomic E-state index is -1.14. The zero-order chi connectivity index (χ0) is 21.2. The van der Waals surface area contributed by atoms with E-state index in [4.69, 9.17) is 14.2 Å². The number of nitrogens with zero attached hydrogens (tertiary/aromatic N) is 2. The van der Waals surface area contributed by atoms with Gasteiger partial charge in [-0.25, -0.2) is 9.18 Å². The molecule has 1 heterocycles. The Morgan fingerprint density at radius 2 is 2.00 bits per heavy atom. The third-order valence-corrected chi connectivity index (χ3v) is 4.37. The van der Waals surface area contributed by atoms with E-state index < -0.39 is 24.0 Å². The third-order valence-electron chi connectivity index (χ3n) is 4.37. The van der Waals surface area contributed by atoms with Crippen LogP contribution in [0.5, 0.6) is 0 Å². The summed E-state index contributed by atoms with van der Waals surface area (Å²) in [6.45, 7) is 5.39. The number of amides is 1. The van der Waals surface area contributed by atoms with E-state index in [1.165, 1.54) is 6.07 Å². The molecule has 1 aromatic carbocycles. The Bertz CT molecular complexity index is 681. The fourth-order valence-corrected chi connectivity index (χ4v) is 2.94. The largest absolute Gasteiger partial charge is 0.463 e. The zero-order valence-electron chi connectivity index (χ0n) is 16.9. The first-order valence-corrected chi connectivity index (χ1v) is 9.86. The van der Waals surface area contributed by atoms with Gasteiger partial charge in [-0.1, -0.05) is 6.92 Å². The van der Waals surface area contributed by atoms with Crippen molar-refractivity contribution >= 4 is 23.4 Å². The van der Waals surface area contributed by atoms with Gasteiger partial charge in [-0.2, -0.15) is 0 Å². The molecular weight excluding hydrogens is 383 g/mol. The molecule has 2 rings (SSSR count). The molecule has 1 aromatic rings. The van der Waals surface area contributed by atoms with Gasteiger partial charge in [-0.15, -0.1) is 0 Å². The maximum atomic E-state index is 14.7. The molecule has 1 unspecified atom stereocenters. The van der Waals surface area contributed by atoms with Crippen LogP contribution in [0.2, 0.25) is 0 Å². The highest BCUT2D eigenvalue weighted by Gasteiger charge is 2.24.